The van der Waals surface area contributed by atoms with Gasteiger partial charge in [-0.1, -0.05) is 23.7 Å². The number of rotatable bonds is 12. The van der Waals surface area contributed by atoms with Crippen LogP contribution in [0.25, 0.3) is 0 Å². The van der Waals surface area contributed by atoms with Crippen LogP contribution in [0.15, 0.2) is 101 Å². The van der Waals surface area contributed by atoms with Crippen LogP contribution in [0.3, 0.4) is 0 Å². The van der Waals surface area contributed by atoms with Crippen LogP contribution in [0.5, 0.6) is 11.5 Å². The zero-order chi connectivity index (χ0) is 32.1. The van der Waals surface area contributed by atoms with Crippen molar-refractivity contribution >= 4 is 60.3 Å². The molecule has 4 rings (SSSR count). The molecule has 230 valence electrons. The van der Waals surface area contributed by atoms with Gasteiger partial charge >= 0.3 is 0 Å². The van der Waals surface area contributed by atoms with Crippen molar-refractivity contribution in [3.8, 4) is 11.5 Å². The number of benzene rings is 4. The standard InChI is InChI=1S/C28H25ClN4O9S2/c1-41-22-13-16-24(26(17-22)42-2)32(44(39,40)27-6-4-3-5-25(27)33(35)36)18-28(34)30-20-11-14-23(15-12-20)43(37,38)31-21-9-7-19(29)8-10-21/h3-17,31H,18H2,1-2H3,(H,30,34). The van der Waals surface area contributed by atoms with Gasteiger partial charge in [0, 0.05) is 28.5 Å². The fraction of sp³-hybridized carbons (Fsp3) is 0.107. The number of sulfonamides is 2. The van der Waals surface area contributed by atoms with Crippen LogP contribution in [0.4, 0.5) is 22.7 Å². The molecule has 0 spiro atoms. The molecule has 2 N–H and O–H groups in total. The summed E-state index contributed by atoms with van der Waals surface area (Å²) in [6.45, 7) is -0.824. The molecule has 0 fully saturated rings. The fourth-order valence-corrected chi connectivity index (χ4v) is 6.79. The second-order valence-electron chi connectivity index (χ2n) is 8.96. The zero-order valence-electron chi connectivity index (χ0n) is 23.1. The minimum absolute atomic E-state index is 0.0158. The van der Waals surface area contributed by atoms with Gasteiger partial charge in [0.2, 0.25) is 5.91 Å². The SMILES string of the molecule is COc1ccc(N(CC(=O)Nc2ccc(S(=O)(=O)Nc3ccc(Cl)cc3)cc2)S(=O)(=O)c2ccccc2[N+](=O)[O-])c(OC)c1. The lowest BCUT2D eigenvalue weighted by molar-refractivity contribution is -0.387. The Morgan fingerprint density at radius 2 is 1.52 bits per heavy atom. The molecular formula is C28H25ClN4O9S2. The van der Waals surface area contributed by atoms with Crippen molar-refractivity contribution in [2.75, 3.05) is 35.1 Å². The first-order chi connectivity index (χ1) is 20.8. The second kappa shape index (κ2) is 13.2. The maximum atomic E-state index is 13.9. The van der Waals surface area contributed by atoms with Crippen molar-refractivity contribution < 1.29 is 36.0 Å². The molecule has 0 aliphatic heterocycles. The number of amides is 1. The van der Waals surface area contributed by atoms with Gasteiger partial charge < -0.3 is 14.8 Å². The van der Waals surface area contributed by atoms with Gasteiger partial charge in [0.25, 0.3) is 25.7 Å². The summed E-state index contributed by atoms with van der Waals surface area (Å²) in [5.74, 6) is -0.485. The number of nitrogens with zero attached hydrogens (tertiary/aromatic N) is 2. The van der Waals surface area contributed by atoms with Crippen molar-refractivity contribution in [1.29, 1.82) is 0 Å². The summed E-state index contributed by atoms with van der Waals surface area (Å²) in [6, 6.07) is 20.1. The summed E-state index contributed by atoms with van der Waals surface area (Å²) in [6.07, 6.45) is 0. The van der Waals surface area contributed by atoms with Crippen molar-refractivity contribution in [1.82, 2.24) is 0 Å². The fourth-order valence-electron chi connectivity index (χ4n) is 4.02. The summed E-state index contributed by atoms with van der Waals surface area (Å²) < 4.78 is 66.9. The molecule has 16 heteroatoms. The summed E-state index contributed by atoms with van der Waals surface area (Å²) in [5, 5.41) is 14.6. The van der Waals surface area contributed by atoms with E-state index < -0.39 is 48.0 Å². The van der Waals surface area contributed by atoms with Gasteiger partial charge in [-0.15, -0.1) is 0 Å². The predicted molar refractivity (Wildman–Crippen MR) is 165 cm³/mol. The molecule has 0 atom stereocenters. The van der Waals surface area contributed by atoms with Crippen LogP contribution in [0, 0.1) is 10.1 Å². The Hall–Kier alpha value is -4.86. The second-order valence-corrected chi connectivity index (χ2v) is 12.9. The predicted octanol–water partition coefficient (Wildman–Crippen LogP) is 4.90. The molecule has 44 heavy (non-hydrogen) atoms. The maximum absolute atomic E-state index is 13.9. The van der Waals surface area contributed by atoms with E-state index in [1.807, 2.05) is 0 Å². The molecule has 4 aromatic carbocycles. The molecule has 0 aromatic heterocycles. The van der Waals surface area contributed by atoms with Gasteiger partial charge in [0.15, 0.2) is 4.90 Å². The molecule has 0 bridgehead atoms. The third-order valence-corrected chi connectivity index (χ3v) is 9.57. The summed E-state index contributed by atoms with van der Waals surface area (Å²) in [7, 11) is -6.01. The number of carbonyl (C=O) groups excluding carboxylic acids is 1. The third-order valence-electron chi connectivity index (χ3n) is 6.12. The van der Waals surface area contributed by atoms with Crippen molar-refractivity contribution in [2.45, 2.75) is 9.79 Å². The Kier molecular flexibility index (Phi) is 9.62. The maximum Gasteiger partial charge on any atom is 0.289 e. The smallest absolute Gasteiger partial charge is 0.289 e. The van der Waals surface area contributed by atoms with Crippen molar-refractivity contribution in [3.05, 3.63) is 106 Å². The van der Waals surface area contributed by atoms with Gasteiger partial charge in [-0.05, 0) is 66.7 Å². The quantitative estimate of drug-likeness (QED) is 0.158. The molecule has 13 nitrogen and oxygen atoms in total. The lowest BCUT2D eigenvalue weighted by Crippen LogP contribution is -2.38. The first kappa shape index (κ1) is 32.1. The molecule has 4 aromatic rings. The Labute approximate surface area is 258 Å². The van der Waals surface area contributed by atoms with Gasteiger partial charge in [0.1, 0.15) is 18.0 Å². The van der Waals surface area contributed by atoms with E-state index in [0.717, 1.165) is 12.1 Å². The van der Waals surface area contributed by atoms with Crippen molar-refractivity contribution in [2.24, 2.45) is 0 Å². The Balaban J connectivity index is 1.63. The number of ether oxygens (including phenoxy) is 2. The average Bonchev–Trinajstić information content (AvgIpc) is 3.00. The lowest BCUT2D eigenvalue weighted by Gasteiger charge is -2.25. The number of nitro groups is 1. The molecule has 0 unspecified atom stereocenters. The Morgan fingerprint density at radius 3 is 2.14 bits per heavy atom. The third kappa shape index (κ3) is 7.19. The molecule has 1 amide bonds. The molecule has 0 saturated carbocycles. The minimum atomic E-state index is -4.71. The highest BCUT2D eigenvalue weighted by atomic mass is 35.5. The van der Waals surface area contributed by atoms with Crippen LogP contribution in [0.1, 0.15) is 0 Å². The number of para-hydroxylation sites is 1. The Morgan fingerprint density at radius 1 is 0.886 bits per heavy atom. The van der Waals surface area contributed by atoms with E-state index in [1.165, 1.54) is 93.1 Å². The minimum Gasteiger partial charge on any atom is -0.497 e. The van der Waals surface area contributed by atoms with Gasteiger partial charge in [-0.3, -0.25) is 23.9 Å². The van der Waals surface area contributed by atoms with E-state index >= 15 is 0 Å². The van der Waals surface area contributed by atoms with E-state index in [9.17, 15) is 31.7 Å². The largest absolute Gasteiger partial charge is 0.497 e. The molecular weight excluding hydrogens is 636 g/mol. The number of hydrogen-bond acceptors (Lipinski definition) is 9. The summed E-state index contributed by atoms with van der Waals surface area (Å²) >= 11 is 5.84. The van der Waals surface area contributed by atoms with Crippen molar-refractivity contribution in [3.63, 3.8) is 0 Å². The molecule has 0 aliphatic rings. The number of anilines is 3. The van der Waals surface area contributed by atoms with E-state index in [-0.39, 0.29) is 22.0 Å². The van der Waals surface area contributed by atoms with Gasteiger partial charge in [-0.25, -0.2) is 16.8 Å². The highest BCUT2D eigenvalue weighted by molar-refractivity contribution is 7.93. The monoisotopic (exact) mass is 660 g/mol. The molecule has 0 heterocycles. The topological polar surface area (TPSA) is 174 Å². The Bertz CT molecular complexity index is 1900. The van der Waals surface area contributed by atoms with E-state index in [1.54, 1.807) is 0 Å². The summed E-state index contributed by atoms with van der Waals surface area (Å²) in [4.78, 5) is 23.3. The van der Waals surface area contributed by atoms with Crippen LogP contribution in [-0.2, 0) is 24.8 Å². The molecule has 0 radical (unpaired) electrons. The highest BCUT2D eigenvalue weighted by Gasteiger charge is 2.34. The number of hydrogen-bond donors (Lipinski definition) is 2. The number of halogens is 1. The van der Waals surface area contributed by atoms with Crippen LogP contribution >= 0.6 is 11.6 Å². The molecule has 0 saturated heterocycles. The number of carbonyl (C=O) groups is 1. The zero-order valence-corrected chi connectivity index (χ0v) is 25.5. The normalized spacial score (nSPS) is 11.3. The first-order valence-corrected chi connectivity index (χ1v) is 15.8. The van der Waals surface area contributed by atoms with E-state index in [2.05, 4.69) is 10.0 Å². The lowest BCUT2D eigenvalue weighted by atomic mass is 10.2. The number of nitrogens with one attached hydrogen (secondary N) is 2. The molecule has 0 aliphatic carbocycles. The first-order valence-electron chi connectivity index (χ1n) is 12.5. The van der Waals surface area contributed by atoms with Crippen LogP contribution in [0.2, 0.25) is 5.02 Å². The van der Waals surface area contributed by atoms with Crippen LogP contribution in [-0.4, -0.2) is 48.4 Å². The summed E-state index contributed by atoms with van der Waals surface area (Å²) in [5.41, 5.74) is -0.323. The highest BCUT2D eigenvalue weighted by Crippen LogP contribution is 2.37. The van der Waals surface area contributed by atoms with Crippen LogP contribution < -0.4 is 23.8 Å². The van der Waals surface area contributed by atoms with Gasteiger partial charge in [0.05, 0.1) is 29.7 Å². The van der Waals surface area contributed by atoms with E-state index in [0.29, 0.717) is 20.8 Å². The van der Waals surface area contributed by atoms with Gasteiger partial charge in [-0.2, -0.15) is 0 Å². The van der Waals surface area contributed by atoms with E-state index in [4.69, 9.17) is 21.1 Å². The average molecular weight is 661 g/mol. The number of methoxy groups -OCH3 is 2. The number of nitro benzene ring substituents is 1.